The van der Waals surface area contributed by atoms with E-state index in [0.717, 1.165) is 57.0 Å². The van der Waals surface area contributed by atoms with Crippen LogP contribution in [0.1, 0.15) is 77.0 Å². The molecule has 3 aliphatic rings. The summed E-state index contributed by atoms with van der Waals surface area (Å²) in [5, 5.41) is 0. The normalized spacial score (nSPS) is 27.2. The van der Waals surface area contributed by atoms with Gasteiger partial charge in [-0.15, -0.1) is 0 Å². The molecule has 2 heterocycles. The van der Waals surface area contributed by atoms with E-state index >= 15 is 0 Å². The van der Waals surface area contributed by atoms with Crippen LogP contribution in [0.3, 0.4) is 0 Å². The molecule has 26 heavy (non-hydrogen) atoms. The highest BCUT2D eigenvalue weighted by molar-refractivity contribution is 5.76. The van der Waals surface area contributed by atoms with Crippen molar-refractivity contribution in [1.82, 2.24) is 14.7 Å². The first-order chi connectivity index (χ1) is 12.6. The van der Waals surface area contributed by atoms with E-state index in [-0.39, 0.29) is 0 Å². The number of nitrogens with zero attached hydrogens (tertiary/aromatic N) is 3. The van der Waals surface area contributed by atoms with Crippen molar-refractivity contribution in [2.75, 3.05) is 40.3 Å². The monoisotopic (exact) mass is 363 g/mol. The van der Waals surface area contributed by atoms with Crippen LogP contribution < -0.4 is 0 Å². The molecule has 3 fully saturated rings. The maximum absolute atomic E-state index is 12.9. The van der Waals surface area contributed by atoms with Gasteiger partial charge in [-0.25, -0.2) is 0 Å². The molecule has 2 saturated heterocycles. The summed E-state index contributed by atoms with van der Waals surface area (Å²) in [6, 6.07) is 1.63. The molecule has 1 aliphatic carbocycles. The molecule has 1 amide bonds. The molecule has 0 radical (unpaired) electrons. The van der Waals surface area contributed by atoms with Gasteiger partial charge in [0.25, 0.3) is 0 Å². The SMILES string of the molecule is CN(C)CCCC(=O)N(CCN1C2CCCC1CC2)CC1CCCCC1. The molecule has 4 nitrogen and oxygen atoms in total. The molecule has 2 atom stereocenters. The van der Waals surface area contributed by atoms with Crippen LogP contribution in [-0.2, 0) is 4.79 Å². The number of hydrogen-bond acceptors (Lipinski definition) is 3. The predicted octanol–water partition coefficient (Wildman–Crippen LogP) is 3.75. The van der Waals surface area contributed by atoms with Gasteiger partial charge < -0.3 is 9.80 Å². The molecule has 2 bridgehead atoms. The Morgan fingerprint density at radius 1 is 0.885 bits per heavy atom. The van der Waals surface area contributed by atoms with Crippen molar-refractivity contribution in [2.24, 2.45) is 5.92 Å². The molecule has 150 valence electrons. The second-order valence-corrected chi connectivity index (χ2v) is 9.30. The van der Waals surface area contributed by atoms with Crippen molar-refractivity contribution in [1.29, 1.82) is 0 Å². The third-order valence-corrected chi connectivity index (χ3v) is 7.03. The molecule has 2 unspecified atom stereocenters. The highest BCUT2D eigenvalue weighted by Gasteiger charge is 2.36. The average molecular weight is 364 g/mol. The van der Waals surface area contributed by atoms with Crippen LogP contribution >= 0.6 is 0 Å². The van der Waals surface area contributed by atoms with E-state index in [1.807, 2.05) is 0 Å². The molecule has 0 N–H and O–H groups in total. The van der Waals surface area contributed by atoms with E-state index in [4.69, 9.17) is 0 Å². The highest BCUT2D eigenvalue weighted by atomic mass is 16.2. The largest absolute Gasteiger partial charge is 0.341 e. The van der Waals surface area contributed by atoms with Crippen molar-refractivity contribution in [3.63, 3.8) is 0 Å². The van der Waals surface area contributed by atoms with Crippen molar-refractivity contribution in [3.05, 3.63) is 0 Å². The zero-order valence-electron chi connectivity index (χ0n) is 17.3. The van der Waals surface area contributed by atoms with Gasteiger partial charge in [0.15, 0.2) is 0 Å². The molecule has 0 aromatic heterocycles. The molecule has 4 heteroatoms. The van der Waals surface area contributed by atoms with E-state index in [2.05, 4.69) is 28.8 Å². The Balaban J connectivity index is 1.52. The number of carbonyl (C=O) groups is 1. The number of carbonyl (C=O) groups excluding carboxylic acids is 1. The summed E-state index contributed by atoms with van der Waals surface area (Å²) in [6.45, 7) is 4.11. The van der Waals surface area contributed by atoms with Crippen molar-refractivity contribution in [3.8, 4) is 0 Å². The smallest absolute Gasteiger partial charge is 0.222 e. The average Bonchev–Trinajstić information content (AvgIpc) is 2.85. The molecule has 0 aromatic carbocycles. The second-order valence-electron chi connectivity index (χ2n) is 9.30. The lowest BCUT2D eigenvalue weighted by atomic mass is 9.89. The van der Waals surface area contributed by atoms with E-state index in [1.165, 1.54) is 64.2 Å². The number of piperidine rings is 1. The number of fused-ring (bicyclic) bond motifs is 2. The first kappa shape index (κ1) is 20.1. The van der Waals surface area contributed by atoms with Crippen molar-refractivity contribution >= 4 is 5.91 Å². The van der Waals surface area contributed by atoms with Gasteiger partial charge in [-0.3, -0.25) is 9.69 Å². The fraction of sp³-hybridized carbons (Fsp3) is 0.955. The molecular formula is C22H41N3O. The minimum absolute atomic E-state index is 0.404. The Hall–Kier alpha value is -0.610. The van der Waals surface area contributed by atoms with Crippen LogP contribution in [-0.4, -0.2) is 73.0 Å². The van der Waals surface area contributed by atoms with Crippen molar-refractivity contribution in [2.45, 2.75) is 89.1 Å². The maximum atomic E-state index is 12.9. The summed E-state index contributed by atoms with van der Waals surface area (Å²) >= 11 is 0. The van der Waals surface area contributed by atoms with Gasteiger partial charge in [-0.2, -0.15) is 0 Å². The summed E-state index contributed by atoms with van der Waals surface area (Å²) in [5.74, 6) is 1.15. The molecule has 2 aliphatic heterocycles. The summed E-state index contributed by atoms with van der Waals surface area (Å²) in [5.41, 5.74) is 0. The van der Waals surface area contributed by atoms with E-state index in [0.29, 0.717) is 5.91 Å². The first-order valence-corrected chi connectivity index (χ1v) is 11.3. The Morgan fingerprint density at radius 2 is 1.58 bits per heavy atom. The van der Waals surface area contributed by atoms with Crippen LogP contribution in [0.2, 0.25) is 0 Å². The third kappa shape index (κ3) is 5.69. The quantitative estimate of drug-likeness (QED) is 0.624. The zero-order chi connectivity index (χ0) is 18.4. The Kier molecular flexibility index (Phi) is 7.80. The van der Waals surface area contributed by atoms with Gasteiger partial charge >= 0.3 is 0 Å². The Labute approximate surface area is 161 Å². The summed E-state index contributed by atoms with van der Waals surface area (Å²) in [6.07, 6.45) is 15.5. The van der Waals surface area contributed by atoms with Crippen LogP contribution in [0, 0.1) is 5.92 Å². The lowest BCUT2D eigenvalue weighted by Crippen LogP contribution is -2.46. The predicted molar refractivity (Wildman–Crippen MR) is 108 cm³/mol. The molecule has 1 saturated carbocycles. The molecule has 3 rings (SSSR count). The van der Waals surface area contributed by atoms with Gasteiger partial charge in [0, 0.05) is 38.1 Å². The molecular weight excluding hydrogens is 322 g/mol. The van der Waals surface area contributed by atoms with Crippen LogP contribution in [0.4, 0.5) is 0 Å². The van der Waals surface area contributed by atoms with Crippen molar-refractivity contribution < 1.29 is 4.79 Å². The minimum atomic E-state index is 0.404. The first-order valence-electron chi connectivity index (χ1n) is 11.3. The van der Waals surface area contributed by atoms with Crippen LogP contribution in [0.5, 0.6) is 0 Å². The number of amides is 1. The third-order valence-electron chi connectivity index (χ3n) is 7.03. The molecule has 0 spiro atoms. The van der Waals surface area contributed by atoms with Gasteiger partial charge in [0.05, 0.1) is 0 Å². The van der Waals surface area contributed by atoms with E-state index in [1.54, 1.807) is 0 Å². The fourth-order valence-electron chi connectivity index (χ4n) is 5.53. The Morgan fingerprint density at radius 3 is 2.23 bits per heavy atom. The van der Waals surface area contributed by atoms with E-state index in [9.17, 15) is 4.79 Å². The maximum Gasteiger partial charge on any atom is 0.222 e. The van der Waals surface area contributed by atoms with Gasteiger partial charge in [0.1, 0.15) is 0 Å². The lowest BCUT2D eigenvalue weighted by Gasteiger charge is -2.37. The number of rotatable bonds is 9. The molecule has 0 aromatic rings. The minimum Gasteiger partial charge on any atom is -0.341 e. The number of hydrogen-bond donors (Lipinski definition) is 0. The second kappa shape index (κ2) is 10.1. The Bertz CT molecular complexity index is 417. The van der Waals surface area contributed by atoms with Crippen LogP contribution in [0.15, 0.2) is 0 Å². The van der Waals surface area contributed by atoms with Crippen LogP contribution in [0.25, 0.3) is 0 Å². The summed E-state index contributed by atoms with van der Waals surface area (Å²) in [4.78, 5) is 20.1. The highest BCUT2D eigenvalue weighted by Crippen LogP contribution is 2.35. The van der Waals surface area contributed by atoms with E-state index < -0.39 is 0 Å². The topological polar surface area (TPSA) is 26.8 Å². The standard InChI is InChI=1S/C22H41N3O/c1-23(2)15-7-12-22(26)24(18-19-8-4-3-5-9-19)16-17-25-20-10-6-11-21(25)14-13-20/h19-21H,3-18H2,1-2H3. The summed E-state index contributed by atoms with van der Waals surface area (Å²) in [7, 11) is 4.19. The van der Waals surface area contributed by atoms with Gasteiger partial charge in [0.2, 0.25) is 5.91 Å². The zero-order valence-corrected chi connectivity index (χ0v) is 17.3. The summed E-state index contributed by atoms with van der Waals surface area (Å²) < 4.78 is 0. The lowest BCUT2D eigenvalue weighted by molar-refractivity contribution is -0.132. The fourth-order valence-corrected chi connectivity index (χ4v) is 5.53. The van der Waals surface area contributed by atoms with Gasteiger partial charge in [-0.1, -0.05) is 25.7 Å². The van der Waals surface area contributed by atoms with Gasteiger partial charge in [-0.05, 0) is 71.5 Å².